The number of hydrogen-bond donors (Lipinski definition) is 1. The molecule has 0 fully saturated rings. The van der Waals surface area contributed by atoms with E-state index in [0.717, 1.165) is 22.2 Å². The molecule has 0 saturated heterocycles. The van der Waals surface area contributed by atoms with Crippen molar-refractivity contribution >= 4 is 5.71 Å². The lowest BCUT2D eigenvalue weighted by Crippen LogP contribution is -2.34. The number of benzene rings is 2. The maximum absolute atomic E-state index is 9.44. The van der Waals surface area contributed by atoms with Crippen molar-refractivity contribution < 1.29 is 9.69 Å². The fourth-order valence-electron chi connectivity index (χ4n) is 2.26. The van der Waals surface area contributed by atoms with Gasteiger partial charge < -0.3 is 9.69 Å². The van der Waals surface area contributed by atoms with Crippen molar-refractivity contribution in [2.24, 2.45) is 5.16 Å². The molecule has 0 spiro atoms. The Morgan fingerprint density at radius 1 is 0.950 bits per heavy atom. The Labute approximate surface area is 120 Å². The number of quaternary nitrogens is 1. The number of rotatable bonds is 4. The van der Waals surface area contributed by atoms with Crippen LogP contribution in [0.15, 0.2) is 59.8 Å². The fraction of sp³-hybridized carbons (Fsp3) is 0.235. The van der Waals surface area contributed by atoms with Gasteiger partial charge in [-0.1, -0.05) is 59.8 Å². The highest BCUT2D eigenvalue weighted by molar-refractivity contribution is 6.13. The van der Waals surface area contributed by atoms with Crippen LogP contribution in [0.1, 0.15) is 16.7 Å². The van der Waals surface area contributed by atoms with E-state index < -0.39 is 0 Å². The number of oxime groups is 1. The normalized spacial score (nSPS) is 12.4. The summed E-state index contributed by atoms with van der Waals surface area (Å²) in [6, 6.07) is 17.9. The molecule has 3 nitrogen and oxygen atoms in total. The molecule has 2 aromatic carbocycles. The molecule has 0 unspecified atom stereocenters. The summed E-state index contributed by atoms with van der Waals surface area (Å²) in [5.41, 5.74) is 3.70. The predicted octanol–water partition coefficient (Wildman–Crippen LogP) is 3.12. The van der Waals surface area contributed by atoms with Gasteiger partial charge in [-0.05, 0) is 0 Å². The van der Waals surface area contributed by atoms with E-state index in [1.807, 2.05) is 48.5 Å². The molecule has 0 aliphatic rings. The number of hydrogen-bond acceptors (Lipinski definition) is 2. The van der Waals surface area contributed by atoms with Crippen LogP contribution in [0, 0.1) is 0 Å². The largest absolute Gasteiger partial charge is 0.410 e. The zero-order chi connectivity index (χ0) is 14.6. The molecular weight excluding hydrogens is 248 g/mol. The van der Waals surface area contributed by atoms with Crippen LogP contribution in [0.4, 0.5) is 0 Å². The van der Waals surface area contributed by atoms with Crippen LogP contribution in [0.3, 0.4) is 0 Å². The third-order valence-corrected chi connectivity index (χ3v) is 3.06. The quantitative estimate of drug-likeness (QED) is 0.393. The van der Waals surface area contributed by atoms with Crippen molar-refractivity contribution in [3.05, 3.63) is 71.3 Å². The van der Waals surface area contributed by atoms with E-state index in [-0.39, 0.29) is 0 Å². The maximum Gasteiger partial charge on any atom is 0.117 e. The minimum absolute atomic E-state index is 0.620. The van der Waals surface area contributed by atoms with Gasteiger partial charge in [0.15, 0.2) is 0 Å². The summed E-state index contributed by atoms with van der Waals surface area (Å²) >= 11 is 0. The number of nitrogens with zero attached hydrogens (tertiary/aromatic N) is 2. The first kappa shape index (κ1) is 14.3. The van der Waals surface area contributed by atoms with Crippen molar-refractivity contribution in [1.82, 2.24) is 0 Å². The molecule has 0 radical (unpaired) electrons. The highest BCUT2D eigenvalue weighted by Gasteiger charge is 2.16. The zero-order valence-electron chi connectivity index (χ0n) is 12.2. The topological polar surface area (TPSA) is 32.6 Å². The molecule has 2 rings (SSSR count). The molecule has 104 valence electrons. The Morgan fingerprint density at radius 2 is 1.55 bits per heavy atom. The van der Waals surface area contributed by atoms with E-state index in [0.29, 0.717) is 5.71 Å². The standard InChI is InChI=1S/C17H20N2O/c1-19(2,3)13-15-11-7-8-12-16(15)17(18-20)14-9-5-4-6-10-14/h4-12H,13H2,1-3H3/p+1/b18-17-. The summed E-state index contributed by atoms with van der Waals surface area (Å²) in [5.74, 6) is 0. The van der Waals surface area contributed by atoms with Gasteiger partial charge in [0.2, 0.25) is 0 Å². The molecular formula is C17H21N2O+. The molecule has 0 saturated carbocycles. The van der Waals surface area contributed by atoms with Crippen molar-refractivity contribution in [3.8, 4) is 0 Å². The van der Waals surface area contributed by atoms with Gasteiger partial charge in [0.25, 0.3) is 0 Å². The molecule has 1 N–H and O–H groups in total. The predicted molar refractivity (Wildman–Crippen MR) is 82.0 cm³/mol. The lowest BCUT2D eigenvalue weighted by atomic mass is 9.97. The second-order valence-corrected chi connectivity index (χ2v) is 5.92. The lowest BCUT2D eigenvalue weighted by Gasteiger charge is -2.25. The Morgan fingerprint density at radius 3 is 2.15 bits per heavy atom. The summed E-state index contributed by atoms with van der Waals surface area (Å²) in [5, 5.41) is 13.0. The summed E-state index contributed by atoms with van der Waals surface area (Å²) in [4.78, 5) is 0. The third-order valence-electron chi connectivity index (χ3n) is 3.06. The average Bonchev–Trinajstić information content (AvgIpc) is 2.41. The van der Waals surface area contributed by atoms with Crippen LogP contribution in [0.2, 0.25) is 0 Å². The summed E-state index contributed by atoms with van der Waals surface area (Å²) in [7, 11) is 6.44. The summed E-state index contributed by atoms with van der Waals surface area (Å²) < 4.78 is 0.824. The summed E-state index contributed by atoms with van der Waals surface area (Å²) in [6.07, 6.45) is 0. The van der Waals surface area contributed by atoms with Crippen LogP contribution < -0.4 is 0 Å². The maximum atomic E-state index is 9.44. The van der Waals surface area contributed by atoms with Crippen LogP contribution in [-0.2, 0) is 6.54 Å². The molecule has 0 heterocycles. The van der Waals surface area contributed by atoms with Gasteiger partial charge in [0.05, 0.1) is 21.1 Å². The molecule has 0 atom stereocenters. The molecule has 3 heteroatoms. The first-order valence-electron chi connectivity index (χ1n) is 6.67. The van der Waals surface area contributed by atoms with E-state index in [1.165, 1.54) is 5.56 Å². The van der Waals surface area contributed by atoms with Gasteiger partial charge in [-0.25, -0.2) is 0 Å². The van der Waals surface area contributed by atoms with E-state index in [4.69, 9.17) is 0 Å². The smallest absolute Gasteiger partial charge is 0.117 e. The highest BCUT2D eigenvalue weighted by atomic mass is 16.4. The molecule has 2 aromatic rings. The van der Waals surface area contributed by atoms with Crippen LogP contribution >= 0.6 is 0 Å². The highest BCUT2D eigenvalue weighted by Crippen LogP contribution is 2.18. The van der Waals surface area contributed by atoms with E-state index in [2.05, 4.69) is 32.4 Å². The second-order valence-electron chi connectivity index (χ2n) is 5.92. The summed E-state index contributed by atoms with van der Waals surface area (Å²) in [6.45, 7) is 0.877. The molecule has 0 amide bonds. The average molecular weight is 269 g/mol. The fourth-order valence-corrected chi connectivity index (χ4v) is 2.26. The van der Waals surface area contributed by atoms with Gasteiger partial charge in [0, 0.05) is 16.7 Å². The van der Waals surface area contributed by atoms with Gasteiger partial charge in [-0.2, -0.15) is 0 Å². The first-order valence-corrected chi connectivity index (χ1v) is 6.67. The van der Waals surface area contributed by atoms with Gasteiger partial charge >= 0.3 is 0 Å². The van der Waals surface area contributed by atoms with Gasteiger partial charge in [-0.3, -0.25) is 0 Å². The van der Waals surface area contributed by atoms with E-state index >= 15 is 0 Å². The molecule has 0 bridgehead atoms. The van der Waals surface area contributed by atoms with Crippen molar-refractivity contribution in [2.45, 2.75) is 6.54 Å². The van der Waals surface area contributed by atoms with Gasteiger partial charge in [-0.15, -0.1) is 0 Å². The van der Waals surface area contributed by atoms with E-state index in [1.54, 1.807) is 0 Å². The Hall–Kier alpha value is -2.13. The SMILES string of the molecule is C[N+](C)(C)Cc1ccccc1/C(=N\O)c1ccccc1. The van der Waals surface area contributed by atoms with Crippen LogP contribution in [-0.4, -0.2) is 36.5 Å². The minimum Gasteiger partial charge on any atom is -0.410 e. The molecule has 0 aliphatic heterocycles. The van der Waals surface area contributed by atoms with Crippen LogP contribution in [0.5, 0.6) is 0 Å². The lowest BCUT2D eigenvalue weighted by molar-refractivity contribution is -0.884. The molecule has 20 heavy (non-hydrogen) atoms. The van der Waals surface area contributed by atoms with E-state index in [9.17, 15) is 5.21 Å². The molecule has 0 aliphatic carbocycles. The Bertz CT molecular complexity index is 598. The second kappa shape index (κ2) is 5.88. The van der Waals surface area contributed by atoms with Crippen molar-refractivity contribution in [3.63, 3.8) is 0 Å². The third kappa shape index (κ3) is 3.45. The monoisotopic (exact) mass is 269 g/mol. The molecule has 0 aromatic heterocycles. The zero-order valence-corrected chi connectivity index (χ0v) is 12.2. The first-order chi connectivity index (χ1) is 9.51. The van der Waals surface area contributed by atoms with Crippen molar-refractivity contribution in [1.29, 1.82) is 0 Å². The Balaban J connectivity index is 2.46. The minimum atomic E-state index is 0.620. The van der Waals surface area contributed by atoms with Crippen LogP contribution in [0.25, 0.3) is 0 Å². The van der Waals surface area contributed by atoms with Crippen molar-refractivity contribution in [2.75, 3.05) is 21.1 Å². The van der Waals surface area contributed by atoms with Gasteiger partial charge in [0.1, 0.15) is 12.3 Å². The Kier molecular flexibility index (Phi) is 4.20.